The predicted octanol–water partition coefficient (Wildman–Crippen LogP) is 1.89. The molecule has 0 aromatic carbocycles. The Morgan fingerprint density at radius 1 is 1.45 bits per heavy atom. The van der Waals surface area contributed by atoms with E-state index < -0.39 is 0 Å². The van der Waals surface area contributed by atoms with E-state index in [9.17, 15) is 9.59 Å². The van der Waals surface area contributed by atoms with Crippen molar-refractivity contribution in [3.63, 3.8) is 0 Å². The Kier molecular flexibility index (Phi) is 4.45. The van der Waals surface area contributed by atoms with E-state index in [2.05, 4.69) is 19.3 Å². The van der Waals surface area contributed by atoms with E-state index in [1.807, 2.05) is 11.0 Å². The third kappa shape index (κ3) is 3.58. The van der Waals surface area contributed by atoms with E-state index in [4.69, 9.17) is 5.84 Å². The first-order chi connectivity index (χ1) is 9.41. The minimum Gasteiger partial charge on any atom is -0.338 e. The van der Waals surface area contributed by atoms with Gasteiger partial charge in [0.1, 0.15) is 0 Å². The molecule has 1 fully saturated rings. The fourth-order valence-electron chi connectivity index (χ4n) is 2.30. The molecule has 0 unspecified atom stereocenters. The molecular formula is C14H21N3O2S. The van der Waals surface area contributed by atoms with Crippen molar-refractivity contribution in [2.75, 3.05) is 6.54 Å². The molecular weight excluding hydrogens is 274 g/mol. The van der Waals surface area contributed by atoms with Gasteiger partial charge in [-0.25, -0.2) is 5.84 Å². The number of amides is 2. The van der Waals surface area contributed by atoms with Gasteiger partial charge in [0.15, 0.2) is 0 Å². The van der Waals surface area contributed by atoms with Crippen LogP contribution in [-0.4, -0.2) is 23.3 Å². The zero-order valence-corrected chi connectivity index (χ0v) is 12.8. The highest BCUT2D eigenvalue weighted by atomic mass is 32.1. The molecule has 5 nitrogen and oxygen atoms in total. The zero-order chi connectivity index (χ0) is 14.8. The van der Waals surface area contributed by atoms with Gasteiger partial charge < -0.3 is 4.90 Å². The zero-order valence-electron chi connectivity index (χ0n) is 11.9. The number of hydrazine groups is 1. The molecule has 6 heteroatoms. The first kappa shape index (κ1) is 15.0. The smallest absolute Gasteiger partial charge is 0.275 e. The Hall–Kier alpha value is -1.40. The molecule has 0 spiro atoms. The van der Waals surface area contributed by atoms with Crippen LogP contribution >= 0.6 is 11.3 Å². The molecule has 0 bridgehead atoms. The maximum absolute atomic E-state index is 12.1. The van der Waals surface area contributed by atoms with Crippen molar-refractivity contribution in [2.45, 2.75) is 39.7 Å². The van der Waals surface area contributed by atoms with Gasteiger partial charge in [-0.3, -0.25) is 15.0 Å². The summed E-state index contributed by atoms with van der Waals surface area (Å²) in [6.45, 7) is 5.77. The highest BCUT2D eigenvalue weighted by Gasteiger charge is 2.27. The summed E-state index contributed by atoms with van der Waals surface area (Å²) in [5.74, 6) is 5.03. The maximum Gasteiger partial charge on any atom is 0.275 e. The SMILES string of the molecule is CC1(C)CCC(=O)N(Cc2ccc(C(=O)NN)s2)CC1. The Balaban J connectivity index is 2.03. The number of carbonyl (C=O) groups excluding carboxylic acids is 2. The number of nitrogen functional groups attached to an aromatic ring is 1. The lowest BCUT2D eigenvalue weighted by Crippen LogP contribution is -2.30. The van der Waals surface area contributed by atoms with Crippen LogP contribution in [0.2, 0.25) is 0 Å². The number of nitrogens with two attached hydrogens (primary N) is 1. The van der Waals surface area contributed by atoms with Crippen molar-refractivity contribution in [1.29, 1.82) is 0 Å². The minimum atomic E-state index is -0.287. The standard InChI is InChI=1S/C14H21N3O2S/c1-14(2)6-5-12(18)17(8-7-14)9-10-3-4-11(20-10)13(19)16-15/h3-4H,5-9,15H2,1-2H3,(H,16,19). The average Bonchev–Trinajstić information content (AvgIpc) is 2.83. The summed E-state index contributed by atoms with van der Waals surface area (Å²) in [7, 11) is 0. The summed E-state index contributed by atoms with van der Waals surface area (Å²) < 4.78 is 0. The van der Waals surface area contributed by atoms with E-state index in [1.54, 1.807) is 6.07 Å². The van der Waals surface area contributed by atoms with E-state index in [-0.39, 0.29) is 17.2 Å². The minimum absolute atomic E-state index is 0.203. The average molecular weight is 295 g/mol. The van der Waals surface area contributed by atoms with Gasteiger partial charge in [0.2, 0.25) is 5.91 Å². The van der Waals surface area contributed by atoms with Crippen molar-refractivity contribution >= 4 is 23.2 Å². The number of rotatable bonds is 3. The molecule has 1 aliphatic rings. The Morgan fingerprint density at radius 3 is 2.90 bits per heavy atom. The van der Waals surface area contributed by atoms with E-state index >= 15 is 0 Å². The third-order valence-corrected chi connectivity index (χ3v) is 4.86. The Labute approximate surface area is 123 Å². The number of nitrogens with zero attached hydrogens (tertiary/aromatic N) is 1. The van der Waals surface area contributed by atoms with Crippen molar-refractivity contribution in [2.24, 2.45) is 11.3 Å². The van der Waals surface area contributed by atoms with Gasteiger partial charge >= 0.3 is 0 Å². The molecule has 0 radical (unpaired) electrons. The monoisotopic (exact) mass is 295 g/mol. The van der Waals surface area contributed by atoms with Crippen LogP contribution in [0.15, 0.2) is 12.1 Å². The van der Waals surface area contributed by atoms with Crippen LogP contribution in [0.3, 0.4) is 0 Å². The number of likely N-dealkylation sites (tertiary alicyclic amines) is 1. The normalized spacial score (nSPS) is 18.8. The molecule has 3 N–H and O–H groups in total. The van der Waals surface area contributed by atoms with Crippen LogP contribution in [0.5, 0.6) is 0 Å². The van der Waals surface area contributed by atoms with E-state index in [1.165, 1.54) is 11.3 Å². The van der Waals surface area contributed by atoms with Crippen LogP contribution < -0.4 is 11.3 Å². The molecule has 20 heavy (non-hydrogen) atoms. The van der Waals surface area contributed by atoms with Crippen molar-refractivity contribution < 1.29 is 9.59 Å². The lowest BCUT2D eigenvalue weighted by atomic mass is 9.85. The molecule has 2 rings (SSSR count). The summed E-state index contributed by atoms with van der Waals surface area (Å²) in [6.07, 6.45) is 2.56. The van der Waals surface area contributed by atoms with Crippen LogP contribution in [-0.2, 0) is 11.3 Å². The summed E-state index contributed by atoms with van der Waals surface area (Å²) in [6, 6.07) is 3.63. The third-order valence-electron chi connectivity index (χ3n) is 3.79. The summed E-state index contributed by atoms with van der Waals surface area (Å²) in [4.78, 5) is 27.0. The first-order valence-electron chi connectivity index (χ1n) is 6.79. The molecule has 0 atom stereocenters. The van der Waals surface area contributed by atoms with E-state index in [0.717, 1.165) is 24.3 Å². The van der Waals surface area contributed by atoms with Gasteiger partial charge in [-0.2, -0.15) is 0 Å². The fourth-order valence-corrected chi connectivity index (χ4v) is 3.23. The Morgan fingerprint density at radius 2 is 2.20 bits per heavy atom. The topological polar surface area (TPSA) is 75.4 Å². The molecule has 1 aliphatic heterocycles. The predicted molar refractivity (Wildman–Crippen MR) is 79.0 cm³/mol. The summed E-state index contributed by atoms with van der Waals surface area (Å²) >= 11 is 1.38. The largest absolute Gasteiger partial charge is 0.338 e. The number of nitrogens with one attached hydrogen (secondary N) is 1. The second kappa shape index (κ2) is 5.93. The lowest BCUT2D eigenvalue weighted by Gasteiger charge is -2.23. The first-order valence-corrected chi connectivity index (χ1v) is 7.60. The lowest BCUT2D eigenvalue weighted by molar-refractivity contribution is -0.131. The molecule has 0 saturated carbocycles. The van der Waals surface area contributed by atoms with Gasteiger partial charge in [0, 0.05) is 17.8 Å². The summed E-state index contributed by atoms with van der Waals surface area (Å²) in [5.41, 5.74) is 2.35. The number of hydrogen-bond acceptors (Lipinski definition) is 4. The molecule has 2 amide bonds. The summed E-state index contributed by atoms with van der Waals surface area (Å²) in [5, 5.41) is 0. The second-order valence-corrected chi connectivity index (χ2v) is 7.14. The molecule has 2 heterocycles. The quantitative estimate of drug-likeness (QED) is 0.508. The Bertz CT molecular complexity index is 510. The van der Waals surface area contributed by atoms with Crippen LogP contribution in [0.1, 0.15) is 47.7 Å². The van der Waals surface area contributed by atoms with Gasteiger partial charge in [-0.1, -0.05) is 13.8 Å². The second-order valence-electron chi connectivity index (χ2n) is 5.97. The highest BCUT2D eigenvalue weighted by Crippen LogP contribution is 2.31. The van der Waals surface area contributed by atoms with Gasteiger partial charge in [0.05, 0.1) is 11.4 Å². The number of carbonyl (C=O) groups is 2. The van der Waals surface area contributed by atoms with Crippen LogP contribution in [0, 0.1) is 5.41 Å². The van der Waals surface area contributed by atoms with Crippen molar-refractivity contribution in [3.05, 3.63) is 21.9 Å². The number of thiophene rings is 1. The van der Waals surface area contributed by atoms with Crippen LogP contribution in [0.25, 0.3) is 0 Å². The highest BCUT2D eigenvalue weighted by molar-refractivity contribution is 7.14. The fraction of sp³-hybridized carbons (Fsp3) is 0.571. The molecule has 1 aromatic heterocycles. The number of hydrogen-bond donors (Lipinski definition) is 2. The van der Waals surface area contributed by atoms with Crippen molar-refractivity contribution in [3.8, 4) is 0 Å². The molecule has 1 aromatic rings. The van der Waals surface area contributed by atoms with Crippen molar-refractivity contribution in [1.82, 2.24) is 10.3 Å². The van der Waals surface area contributed by atoms with Gasteiger partial charge in [0.25, 0.3) is 5.91 Å². The maximum atomic E-state index is 12.1. The molecule has 110 valence electrons. The van der Waals surface area contributed by atoms with Gasteiger partial charge in [-0.15, -0.1) is 11.3 Å². The van der Waals surface area contributed by atoms with E-state index in [0.29, 0.717) is 17.8 Å². The molecule has 0 aliphatic carbocycles. The molecule has 1 saturated heterocycles. The van der Waals surface area contributed by atoms with Gasteiger partial charge in [-0.05, 0) is 30.4 Å². The van der Waals surface area contributed by atoms with Crippen LogP contribution in [0.4, 0.5) is 0 Å².